The first-order chi connectivity index (χ1) is 9.22. The Morgan fingerprint density at radius 3 is 2.68 bits per heavy atom. The van der Waals surface area contributed by atoms with E-state index in [4.69, 9.17) is 0 Å². The van der Waals surface area contributed by atoms with E-state index in [9.17, 15) is 0 Å². The van der Waals surface area contributed by atoms with Gasteiger partial charge in [-0.25, -0.2) is 0 Å². The lowest BCUT2D eigenvalue weighted by Crippen LogP contribution is -2.29. The Kier molecular flexibility index (Phi) is 5.41. The second-order valence-electron chi connectivity index (χ2n) is 5.86. The first kappa shape index (κ1) is 14.5. The minimum Gasteiger partial charge on any atom is -0.310 e. The fraction of sp³-hybridized carbons (Fsp3) is 0.647. The summed E-state index contributed by atoms with van der Waals surface area (Å²) in [6.07, 6.45) is 5.19. The van der Waals surface area contributed by atoms with Crippen molar-refractivity contribution < 1.29 is 0 Å². The molecule has 1 aliphatic carbocycles. The Morgan fingerprint density at radius 2 is 2.05 bits per heavy atom. The quantitative estimate of drug-likeness (QED) is 0.769. The average molecular weight is 260 g/mol. The normalized spacial score (nSPS) is 16.8. The van der Waals surface area contributed by atoms with E-state index in [0.717, 1.165) is 12.6 Å². The molecular weight excluding hydrogens is 232 g/mol. The van der Waals surface area contributed by atoms with Crippen LogP contribution in [-0.4, -0.2) is 31.1 Å². The Morgan fingerprint density at radius 1 is 1.32 bits per heavy atom. The predicted octanol–water partition coefficient (Wildman–Crippen LogP) is 3.52. The highest BCUT2D eigenvalue weighted by Crippen LogP contribution is 2.27. The van der Waals surface area contributed by atoms with Gasteiger partial charge in [0, 0.05) is 12.1 Å². The minimum absolute atomic E-state index is 0.502. The predicted molar refractivity (Wildman–Crippen MR) is 82.5 cm³/mol. The standard InChI is InChI=1S/C17H28N2/c1-4-12-18-17(11-13-19(3)15-9-10-15)16-8-6-5-7-14(16)2/h5-8,15,17-18H,4,9-13H2,1-3H3. The van der Waals surface area contributed by atoms with Crippen LogP contribution < -0.4 is 5.32 Å². The molecule has 0 aromatic heterocycles. The van der Waals surface area contributed by atoms with Crippen molar-refractivity contribution in [2.45, 2.75) is 51.6 Å². The van der Waals surface area contributed by atoms with Gasteiger partial charge in [0.2, 0.25) is 0 Å². The Labute approximate surface area is 118 Å². The van der Waals surface area contributed by atoms with Crippen LogP contribution in [-0.2, 0) is 0 Å². The number of hydrogen-bond acceptors (Lipinski definition) is 2. The number of hydrogen-bond donors (Lipinski definition) is 1. The van der Waals surface area contributed by atoms with Gasteiger partial charge in [-0.15, -0.1) is 0 Å². The zero-order valence-corrected chi connectivity index (χ0v) is 12.7. The molecule has 1 saturated carbocycles. The fourth-order valence-corrected chi connectivity index (χ4v) is 2.69. The molecule has 1 fully saturated rings. The van der Waals surface area contributed by atoms with Crippen molar-refractivity contribution >= 4 is 0 Å². The van der Waals surface area contributed by atoms with E-state index >= 15 is 0 Å². The van der Waals surface area contributed by atoms with Crippen LogP contribution in [0.3, 0.4) is 0 Å². The van der Waals surface area contributed by atoms with E-state index in [1.807, 2.05) is 0 Å². The minimum atomic E-state index is 0.502. The van der Waals surface area contributed by atoms with E-state index in [0.29, 0.717) is 6.04 Å². The van der Waals surface area contributed by atoms with Gasteiger partial charge in [-0.05, 0) is 63.9 Å². The summed E-state index contributed by atoms with van der Waals surface area (Å²) in [5.74, 6) is 0. The molecule has 0 radical (unpaired) electrons. The van der Waals surface area contributed by atoms with Crippen molar-refractivity contribution in [1.29, 1.82) is 0 Å². The van der Waals surface area contributed by atoms with Gasteiger partial charge >= 0.3 is 0 Å². The van der Waals surface area contributed by atoms with Gasteiger partial charge in [0.15, 0.2) is 0 Å². The molecule has 2 nitrogen and oxygen atoms in total. The maximum atomic E-state index is 3.71. The molecule has 0 saturated heterocycles. The lowest BCUT2D eigenvalue weighted by Gasteiger charge is -2.24. The lowest BCUT2D eigenvalue weighted by atomic mass is 9.98. The molecule has 0 bridgehead atoms. The highest BCUT2D eigenvalue weighted by Gasteiger charge is 2.26. The maximum Gasteiger partial charge on any atom is 0.0335 e. The van der Waals surface area contributed by atoms with E-state index < -0.39 is 0 Å². The third-order valence-corrected chi connectivity index (χ3v) is 4.15. The topological polar surface area (TPSA) is 15.3 Å². The Bertz CT molecular complexity index is 385. The summed E-state index contributed by atoms with van der Waals surface area (Å²) in [4.78, 5) is 2.53. The van der Waals surface area contributed by atoms with Gasteiger partial charge in [0.1, 0.15) is 0 Å². The van der Waals surface area contributed by atoms with Gasteiger partial charge in [0.25, 0.3) is 0 Å². The number of benzene rings is 1. The monoisotopic (exact) mass is 260 g/mol. The van der Waals surface area contributed by atoms with E-state index in [2.05, 4.69) is 55.4 Å². The number of nitrogens with zero attached hydrogens (tertiary/aromatic N) is 1. The van der Waals surface area contributed by atoms with Crippen LogP contribution in [0.2, 0.25) is 0 Å². The maximum absolute atomic E-state index is 3.71. The van der Waals surface area contributed by atoms with Gasteiger partial charge in [-0.1, -0.05) is 31.2 Å². The van der Waals surface area contributed by atoms with E-state index in [-0.39, 0.29) is 0 Å². The summed E-state index contributed by atoms with van der Waals surface area (Å²) in [5, 5.41) is 3.71. The third-order valence-electron chi connectivity index (χ3n) is 4.15. The first-order valence-electron chi connectivity index (χ1n) is 7.71. The van der Waals surface area contributed by atoms with Crippen molar-refractivity contribution in [3.8, 4) is 0 Å². The lowest BCUT2D eigenvalue weighted by molar-refractivity contribution is 0.298. The van der Waals surface area contributed by atoms with Crippen molar-refractivity contribution in [1.82, 2.24) is 10.2 Å². The van der Waals surface area contributed by atoms with Crippen LogP contribution in [0.1, 0.15) is 49.8 Å². The van der Waals surface area contributed by atoms with Gasteiger partial charge in [-0.2, -0.15) is 0 Å². The molecule has 1 aromatic carbocycles. The summed E-state index contributed by atoms with van der Waals surface area (Å²) >= 11 is 0. The second-order valence-corrected chi connectivity index (χ2v) is 5.86. The van der Waals surface area contributed by atoms with Gasteiger partial charge < -0.3 is 10.2 Å². The summed E-state index contributed by atoms with van der Waals surface area (Å²) in [6.45, 7) is 6.76. The average Bonchev–Trinajstić information content (AvgIpc) is 3.24. The summed E-state index contributed by atoms with van der Waals surface area (Å²) in [5.41, 5.74) is 2.88. The molecule has 0 heterocycles. The Hall–Kier alpha value is -0.860. The number of nitrogens with one attached hydrogen (secondary N) is 1. The zero-order valence-electron chi connectivity index (χ0n) is 12.7. The van der Waals surface area contributed by atoms with Crippen molar-refractivity contribution in [3.05, 3.63) is 35.4 Å². The molecule has 2 rings (SSSR count). The molecule has 2 heteroatoms. The number of aryl methyl sites for hydroxylation is 1. The summed E-state index contributed by atoms with van der Waals surface area (Å²) in [6, 6.07) is 10.2. The van der Waals surface area contributed by atoms with E-state index in [1.54, 1.807) is 0 Å². The molecule has 1 atom stereocenters. The molecule has 1 unspecified atom stereocenters. The second kappa shape index (κ2) is 7.06. The SMILES string of the molecule is CCCNC(CCN(C)C1CC1)c1ccccc1C. The smallest absolute Gasteiger partial charge is 0.0335 e. The largest absolute Gasteiger partial charge is 0.310 e. The van der Waals surface area contributed by atoms with E-state index in [1.165, 1.54) is 43.4 Å². The van der Waals surface area contributed by atoms with Crippen LogP contribution in [0.4, 0.5) is 0 Å². The van der Waals surface area contributed by atoms with Crippen LogP contribution in [0, 0.1) is 6.92 Å². The van der Waals surface area contributed by atoms with Crippen LogP contribution in [0.25, 0.3) is 0 Å². The molecular formula is C17H28N2. The van der Waals surface area contributed by atoms with Crippen LogP contribution >= 0.6 is 0 Å². The zero-order chi connectivity index (χ0) is 13.7. The first-order valence-corrected chi connectivity index (χ1v) is 7.71. The molecule has 106 valence electrons. The molecule has 1 aromatic rings. The summed E-state index contributed by atoms with van der Waals surface area (Å²) < 4.78 is 0. The molecule has 1 N–H and O–H groups in total. The molecule has 1 aliphatic rings. The van der Waals surface area contributed by atoms with Crippen LogP contribution in [0.5, 0.6) is 0 Å². The highest BCUT2D eigenvalue weighted by atomic mass is 15.2. The van der Waals surface area contributed by atoms with Gasteiger partial charge in [-0.3, -0.25) is 0 Å². The van der Waals surface area contributed by atoms with Crippen molar-refractivity contribution in [2.75, 3.05) is 20.1 Å². The van der Waals surface area contributed by atoms with Gasteiger partial charge in [0.05, 0.1) is 0 Å². The van der Waals surface area contributed by atoms with Crippen molar-refractivity contribution in [3.63, 3.8) is 0 Å². The van der Waals surface area contributed by atoms with Crippen molar-refractivity contribution in [2.24, 2.45) is 0 Å². The molecule has 0 amide bonds. The summed E-state index contributed by atoms with van der Waals surface area (Å²) in [7, 11) is 2.27. The number of rotatable bonds is 8. The molecule has 19 heavy (non-hydrogen) atoms. The fourth-order valence-electron chi connectivity index (χ4n) is 2.69. The van der Waals surface area contributed by atoms with Crippen LogP contribution in [0.15, 0.2) is 24.3 Å². The molecule has 0 aliphatic heterocycles. The molecule has 0 spiro atoms. The third kappa shape index (κ3) is 4.32. The Balaban J connectivity index is 1.96. The highest BCUT2D eigenvalue weighted by molar-refractivity contribution is 5.28.